The van der Waals surface area contributed by atoms with E-state index in [9.17, 15) is 14.7 Å². The van der Waals surface area contributed by atoms with Crippen molar-refractivity contribution in [3.05, 3.63) is 102 Å². The van der Waals surface area contributed by atoms with Crippen LogP contribution in [-0.2, 0) is 14.3 Å². The van der Waals surface area contributed by atoms with Crippen LogP contribution in [0.25, 0.3) is 11.4 Å². The number of likely N-dealkylation sites (tertiary alicyclic amines) is 1. The van der Waals surface area contributed by atoms with E-state index in [1.165, 1.54) is 12.0 Å². The number of aliphatic hydroxyl groups is 1. The summed E-state index contributed by atoms with van der Waals surface area (Å²) in [6, 6.07) is 21.1. The maximum Gasteiger partial charge on any atom is 0.295 e. The first-order valence-corrected chi connectivity index (χ1v) is 11.5. The predicted octanol–water partition coefficient (Wildman–Crippen LogP) is 4.50. The second-order valence-corrected chi connectivity index (χ2v) is 8.45. The van der Waals surface area contributed by atoms with E-state index in [-0.39, 0.29) is 24.5 Å². The van der Waals surface area contributed by atoms with Gasteiger partial charge < -0.3 is 19.5 Å². The number of carbonyl (C=O) groups is 2. The Bertz CT molecular complexity index is 1480. The van der Waals surface area contributed by atoms with Gasteiger partial charge in [0, 0.05) is 19.9 Å². The van der Waals surface area contributed by atoms with Gasteiger partial charge >= 0.3 is 0 Å². The van der Waals surface area contributed by atoms with Gasteiger partial charge in [-0.2, -0.15) is 0 Å². The lowest BCUT2D eigenvalue weighted by molar-refractivity contribution is -0.140. The highest BCUT2D eigenvalue weighted by atomic mass is 16.5. The molecule has 1 amide bonds. The molecule has 1 fully saturated rings. The molecule has 2 aromatic heterocycles. The normalized spacial score (nSPS) is 17.2. The number of ether oxygens (including phenoxy) is 2. The lowest BCUT2D eigenvalue weighted by Crippen LogP contribution is -2.32. The summed E-state index contributed by atoms with van der Waals surface area (Å²) in [5, 5.41) is 11.5. The van der Waals surface area contributed by atoms with E-state index in [0.717, 1.165) is 0 Å². The quantitative estimate of drug-likeness (QED) is 0.236. The number of rotatable bonds is 7. The van der Waals surface area contributed by atoms with Crippen molar-refractivity contribution in [2.24, 2.45) is 0 Å². The highest BCUT2D eigenvalue weighted by molar-refractivity contribution is 6.46. The molecule has 36 heavy (non-hydrogen) atoms. The van der Waals surface area contributed by atoms with Gasteiger partial charge in [-0.1, -0.05) is 36.4 Å². The summed E-state index contributed by atoms with van der Waals surface area (Å²) in [5.41, 5.74) is 2.17. The van der Waals surface area contributed by atoms with Crippen molar-refractivity contribution in [2.45, 2.75) is 13.0 Å². The highest BCUT2D eigenvalue weighted by Crippen LogP contribution is 2.41. The largest absolute Gasteiger partial charge is 0.505 e. The molecule has 4 aromatic rings. The zero-order valence-corrected chi connectivity index (χ0v) is 19.9. The summed E-state index contributed by atoms with van der Waals surface area (Å²) >= 11 is 0. The second-order valence-electron chi connectivity index (χ2n) is 8.45. The number of methoxy groups -OCH3 is 1. The second kappa shape index (κ2) is 9.67. The molecule has 1 aliphatic heterocycles. The summed E-state index contributed by atoms with van der Waals surface area (Å²) < 4.78 is 12.9. The third kappa shape index (κ3) is 4.12. The number of ketones is 1. The Labute approximate surface area is 208 Å². The molecule has 1 atom stereocenters. The Hall–Kier alpha value is -4.43. The molecule has 3 heterocycles. The van der Waals surface area contributed by atoms with Crippen LogP contribution in [0.5, 0.6) is 11.5 Å². The Balaban J connectivity index is 1.65. The number of nitrogens with zero attached hydrogens (tertiary/aromatic N) is 3. The number of Topliss-reactive ketones (excluding diaryl/α,β-unsaturated/α-hetero) is 1. The number of aryl methyl sites for hydroxylation is 1. The Morgan fingerprint density at radius 2 is 1.75 bits per heavy atom. The minimum Gasteiger partial charge on any atom is -0.505 e. The monoisotopic (exact) mass is 483 g/mol. The predicted molar refractivity (Wildman–Crippen MR) is 134 cm³/mol. The lowest BCUT2D eigenvalue weighted by atomic mass is 9.96. The van der Waals surface area contributed by atoms with Crippen LogP contribution in [0.2, 0.25) is 0 Å². The van der Waals surface area contributed by atoms with Crippen LogP contribution in [0.15, 0.2) is 84.6 Å². The first-order valence-electron chi connectivity index (χ1n) is 11.5. The van der Waals surface area contributed by atoms with Crippen molar-refractivity contribution in [1.29, 1.82) is 0 Å². The molecule has 0 bridgehead atoms. The molecule has 0 aliphatic carbocycles. The molecule has 182 valence electrons. The van der Waals surface area contributed by atoms with E-state index in [1.807, 2.05) is 54.6 Å². The number of carbonyl (C=O) groups excluding carboxylic acids is 2. The van der Waals surface area contributed by atoms with Crippen molar-refractivity contribution in [2.75, 3.05) is 20.3 Å². The van der Waals surface area contributed by atoms with E-state index in [2.05, 4.69) is 4.98 Å². The minimum atomic E-state index is -0.826. The molecular formula is C28H25N3O5. The van der Waals surface area contributed by atoms with Gasteiger partial charge in [0.15, 0.2) is 5.76 Å². The number of aromatic nitrogens is 2. The third-order valence-corrected chi connectivity index (χ3v) is 6.16. The molecule has 2 aromatic carbocycles. The number of imidazole rings is 1. The number of hydrogen-bond donors (Lipinski definition) is 1. The van der Waals surface area contributed by atoms with E-state index >= 15 is 0 Å². The number of benzene rings is 2. The molecule has 0 saturated carbocycles. The molecule has 0 radical (unpaired) electrons. The number of aliphatic hydroxyl groups excluding tert-OH is 1. The van der Waals surface area contributed by atoms with Crippen LogP contribution >= 0.6 is 0 Å². The van der Waals surface area contributed by atoms with Gasteiger partial charge in [-0.05, 0) is 48.9 Å². The van der Waals surface area contributed by atoms with E-state index in [1.54, 1.807) is 35.7 Å². The number of para-hydroxylation sites is 1. The average molecular weight is 484 g/mol. The zero-order valence-electron chi connectivity index (χ0n) is 19.9. The Morgan fingerprint density at radius 3 is 2.53 bits per heavy atom. The van der Waals surface area contributed by atoms with Crippen LogP contribution in [0.1, 0.15) is 23.0 Å². The summed E-state index contributed by atoms with van der Waals surface area (Å²) in [6.45, 7) is 2.17. The number of fused-ring (bicyclic) bond motifs is 1. The highest BCUT2D eigenvalue weighted by Gasteiger charge is 2.46. The third-order valence-electron chi connectivity index (χ3n) is 6.16. The molecule has 5 rings (SSSR count). The average Bonchev–Trinajstić information content (AvgIpc) is 3.36. The SMILES string of the molecule is COCCN1C(=O)C(=O)/C(=C(/O)c2c(C)nc3ccccn23)C1c1cccc(Oc2ccccc2)c1. The fraction of sp³-hybridized carbons (Fsp3) is 0.179. The van der Waals surface area contributed by atoms with Crippen molar-refractivity contribution < 1.29 is 24.2 Å². The molecule has 8 heteroatoms. The molecule has 1 N–H and O–H groups in total. The van der Waals surface area contributed by atoms with Gasteiger partial charge in [0.2, 0.25) is 0 Å². The van der Waals surface area contributed by atoms with Gasteiger partial charge in [0.25, 0.3) is 11.7 Å². The van der Waals surface area contributed by atoms with E-state index in [0.29, 0.717) is 34.1 Å². The number of pyridine rings is 1. The van der Waals surface area contributed by atoms with Gasteiger partial charge in [-0.3, -0.25) is 14.0 Å². The first kappa shape index (κ1) is 23.3. The van der Waals surface area contributed by atoms with Crippen LogP contribution in [0.3, 0.4) is 0 Å². The van der Waals surface area contributed by atoms with E-state index < -0.39 is 17.7 Å². The molecule has 0 spiro atoms. The van der Waals surface area contributed by atoms with Crippen LogP contribution in [0, 0.1) is 6.92 Å². The van der Waals surface area contributed by atoms with Gasteiger partial charge in [0.1, 0.15) is 22.8 Å². The first-order chi connectivity index (χ1) is 17.5. The minimum absolute atomic E-state index is 0.00159. The summed E-state index contributed by atoms with van der Waals surface area (Å²) in [7, 11) is 1.53. The molecule has 1 saturated heterocycles. The molecule has 8 nitrogen and oxygen atoms in total. The van der Waals surface area contributed by atoms with Crippen molar-refractivity contribution in [3.63, 3.8) is 0 Å². The Kier molecular flexibility index (Phi) is 6.26. The summed E-state index contributed by atoms with van der Waals surface area (Å²) in [6.07, 6.45) is 1.76. The lowest BCUT2D eigenvalue weighted by Gasteiger charge is -2.25. The van der Waals surface area contributed by atoms with Gasteiger partial charge in [-0.25, -0.2) is 4.98 Å². The van der Waals surface area contributed by atoms with Crippen molar-refractivity contribution >= 4 is 23.1 Å². The molecule has 1 aliphatic rings. The number of amides is 1. The smallest absolute Gasteiger partial charge is 0.295 e. The van der Waals surface area contributed by atoms with Crippen molar-refractivity contribution in [1.82, 2.24) is 14.3 Å². The summed E-state index contributed by atoms with van der Waals surface area (Å²) in [4.78, 5) is 32.4. The standard InChI is InChI=1S/C28H25N3O5/c1-18-24(30-14-7-6-13-22(30)29-18)26(32)23-25(31(15-16-35-2)28(34)27(23)33)19-9-8-12-21(17-19)36-20-10-4-3-5-11-20/h3-14,17,25,32H,15-16H2,1-2H3/b26-23+. The topological polar surface area (TPSA) is 93.4 Å². The van der Waals surface area contributed by atoms with E-state index in [4.69, 9.17) is 9.47 Å². The van der Waals surface area contributed by atoms with Crippen LogP contribution in [0.4, 0.5) is 0 Å². The van der Waals surface area contributed by atoms with Crippen LogP contribution in [-0.4, -0.2) is 51.3 Å². The van der Waals surface area contributed by atoms with Gasteiger partial charge in [0.05, 0.1) is 23.9 Å². The van der Waals surface area contributed by atoms with Gasteiger partial charge in [-0.15, -0.1) is 0 Å². The fourth-order valence-corrected chi connectivity index (χ4v) is 4.55. The van der Waals surface area contributed by atoms with Crippen molar-refractivity contribution in [3.8, 4) is 11.5 Å². The Morgan fingerprint density at radius 1 is 1.00 bits per heavy atom. The fourth-order valence-electron chi connectivity index (χ4n) is 4.55. The zero-order chi connectivity index (χ0) is 25.2. The molecular weight excluding hydrogens is 458 g/mol. The van der Waals surface area contributed by atoms with Crippen LogP contribution < -0.4 is 4.74 Å². The number of hydrogen-bond acceptors (Lipinski definition) is 6. The maximum atomic E-state index is 13.3. The molecule has 1 unspecified atom stereocenters. The summed E-state index contributed by atoms with van der Waals surface area (Å²) in [5.74, 6) is -0.525. The maximum absolute atomic E-state index is 13.3.